The van der Waals surface area contributed by atoms with Crippen molar-refractivity contribution in [1.82, 2.24) is 10.6 Å². The van der Waals surface area contributed by atoms with Crippen molar-refractivity contribution in [1.29, 1.82) is 0 Å². The van der Waals surface area contributed by atoms with Crippen LogP contribution in [-0.4, -0.2) is 56.9 Å². The van der Waals surface area contributed by atoms with E-state index in [1.807, 2.05) is 13.0 Å². The molecule has 1 rings (SSSR count). The smallest absolute Gasteiger partial charge is 0.329 e. The molecule has 0 aliphatic heterocycles. The number of likely N-dealkylation sites (N-methyl/N-ethyl adjacent to an activating group) is 1. The van der Waals surface area contributed by atoms with E-state index in [1.165, 1.54) is 6.92 Å². The van der Waals surface area contributed by atoms with Crippen LogP contribution in [-0.2, 0) is 24.2 Å². The van der Waals surface area contributed by atoms with Crippen LogP contribution in [0.1, 0.15) is 36.2 Å². The lowest BCUT2D eigenvalue weighted by Gasteiger charge is -2.20. The second-order valence-corrected chi connectivity index (χ2v) is 8.55. The Bertz CT molecular complexity index is 791. The first kappa shape index (κ1) is 22.6. The number of carbonyl (C=O) groups excluding carboxylic acids is 3. The first-order valence-corrected chi connectivity index (χ1v) is 10.6. The van der Waals surface area contributed by atoms with Gasteiger partial charge in [-0.15, -0.1) is 0 Å². The number of nitrogens with one attached hydrogen (secondary N) is 2. The number of ether oxygens (including phenoxy) is 1. The molecule has 1 aromatic rings. The van der Waals surface area contributed by atoms with Gasteiger partial charge in [0.1, 0.15) is 15.9 Å². The van der Waals surface area contributed by atoms with Crippen LogP contribution in [0.25, 0.3) is 0 Å². The summed E-state index contributed by atoms with van der Waals surface area (Å²) in [6.45, 7) is 5.32. The van der Waals surface area contributed by atoms with Crippen molar-refractivity contribution < 1.29 is 27.5 Å². The third-order valence-corrected chi connectivity index (χ3v) is 4.64. The summed E-state index contributed by atoms with van der Waals surface area (Å²) in [5, 5.41) is 5.02. The third-order valence-electron chi connectivity index (χ3n) is 3.66. The van der Waals surface area contributed by atoms with Gasteiger partial charge < -0.3 is 15.4 Å². The lowest BCUT2D eigenvalue weighted by molar-refractivity contribution is -0.156. The van der Waals surface area contributed by atoms with Crippen LogP contribution in [0, 0.1) is 6.92 Å². The molecule has 8 nitrogen and oxygen atoms in total. The molecular weight excluding hydrogens is 372 g/mol. The first-order valence-electron chi connectivity index (χ1n) is 8.57. The Hall–Kier alpha value is -2.42. The van der Waals surface area contributed by atoms with Crippen LogP contribution in [0.2, 0.25) is 0 Å². The fourth-order valence-corrected chi connectivity index (χ4v) is 2.90. The maximum Gasteiger partial charge on any atom is 0.329 e. The summed E-state index contributed by atoms with van der Waals surface area (Å²) in [7, 11) is -3.35. The van der Waals surface area contributed by atoms with Gasteiger partial charge in [0.2, 0.25) is 0 Å². The molecule has 9 heteroatoms. The minimum Gasteiger partial charge on any atom is -0.451 e. The third kappa shape index (κ3) is 8.21. The van der Waals surface area contributed by atoms with Crippen LogP contribution >= 0.6 is 0 Å². The number of aryl methyl sites for hydroxylation is 1. The van der Waals surface area contributed by atoms with Crippen molar-refractivity contribution in [3.8, 4) is 0 Å². The lowest BCUT2D eigenvalue weighted by Crippen LogP contribution is -2.45. The van der Waals surface area contributed by atoms with Crippen LogP contribution in [0.15, 0.2) is 24.3 Å². The fraction of sp³-hybridized carbons (Fsp3) is 0.500. The molecule has 0 saturated heterocycles. The van der Waals surface area contributed by atoms with E-state index < -0.39 is 39.8 Å². The predicted octanol–water partition coefficient (Wildman–Crippen LogP) is 0.596. The number of esters is 1. The van der Waals surface area contributed by atoms with Gasteiger partial charge in [-0.25, -0.2) is 13.2 Å². The van der Waals surface area contributed by atoms with E-state index in [1.54, 1.807) is 25.1 Å². The monoisotopic (exact) mass is 398 g/mol. The van der Waals surface area contributed by atoms with E-state index in [4.69, 9.17) is 4.74 Å². The summed E-state index contributed by atoms with van der Waals surface area (Å²) in [4.78, 5) is 36.5. The predicted molar refractivity (Wildman–Crippen MR) is 101 cm³/mol. The van der Waals surface area contributed by atoms with Gasteiger partial charge in [0.25, 0.3) is 11.8 Å². The van der Waals surface area contributed by atoms with Crippen molar-refractivity contribution >= 4 is 27.6 Å². The molecule has 1 aromatic carbocycles. The second kappa shape index (κ2) is 10.1. The maximum absolute atomic E-state index is 12.4. The molecule has 0 radical (unpaired) electrons. The standard InChI is InChI=1S/C18H26N2O6S/c1-5-19-16(21)13(3)26-18(23)15(9-10-27(4,24)25)20-17(22)14-8-6-7-12(2)11-14/h6-8,11,13,15H,5,9-10H2,1-4H3,(H,19,21)(H,20,22)/t13-,15-/m1/s1. The van der Waals surface area contributed by atoms with E-state index in [2.05, 4.69) is 10.6 Å². The van der Waals surface area contributed by atoms with Crippen molar-refractivity contribution in [3.05, 3.63) is 35.4 Å². The molecule has 0 spiro atoms. The van der Waals surface area contributed by atoms with Crippen LogP contribution in [0.3, 0.4) is 0 Å². The molecule has 0 saturated carbocycles. The van der Waals surface area contributed by atoms with Gasteiger partial charge in [-0.1, -0.05) is 17.7 Å². The molecule has 2 N–H and O–H groups in total. The van der Waals surface area contributed by atoms with Gasteiger partial charge in [0, 0.05) is 18.4 Å². The second-order valence-electron chi connectivity index (χ2n) is 6.29. The van der Waals surface area contributed by atoms with Crippen molar-refractivity contribution in [2.45, 2.75) is 39.3 Å². The van der Waals surface area contributed by atoms with Crippen molar-refractivity contribution in [2.75, 3.05) is 18.6 Å². The molecule has 0 unspecified atom stereocenters. The molecule has 0 aromatic heterocycles. The molecule has 27 heavy (non-hydrogen) atoms. The summed E-state index contributed by atoms with van der Waals surface area (Å²) < 4.78 is 28.0. The van der Waals surface area contributed by atoms with E-state index in [0.29, 0.717) is 12.1 Å². The van der Waals surface area contributed by atoms with Crippen LogP contribution < -0.4 is 10.6 Å². The SMILES string of the molecule is CCNC(=O)[C@@H](C)OC(=O)[C@@H](CCS(C)(=O)=O)NC(=O)c1cccc(C)c1. The van der Waals surface area contributed by atoms with Crippen molar-refractivity contribution in [2.24, 2.45) is 0 Å². The summed E-state index contributed by atoms with van der Waals surface area (Å²) in [5.41, 5.74) is 1.20. The molecule has 150 valence electrons. The van der Waals surface area contributed by atoms with Gasteiger partial charge in [-0.3, -0.25) is 9.59 Å². The zero-order valence-electron chi connectivity index (χ0n) is 15.9. The summed E-state index contributed by atoms with van der Waals surface area (Å²) in [6.07, 6.45) is -0.180. The Morgan fingerprint density at radius 3 is 2.44 bits per heavy atom. The zero-order valence-corrected chi connectivity index (χ0v) is 16.8. The number of rotatable bonds is 9. The fourth-order valence-electron chi connectivity index (χ4n) is 2.24. The molecule has 2 amide bonds. The van der Waals surface area contributed by atoms with Crippen molar-refractivity contribution in [3.63, 3.8) is 0 Å². The van der Waals surface area contributed by atoms with E-state index in [0.717, 1.165) is 11.8 Å². The largest absolute Gasteiger partial charge is 0.451 e. The Balaban J connectivity index is 2.89. The quantitative estimate of drug-likeness (QED) is 0.588. The van der Waals surface area contributed by atoms with Gasteiger partial charge in [0.15, 0.2) is 6.10 Å². The van der Waals surface area contributed by atoms with E-state index >= 15 is 0 Å². The lowest BCUT2D eigenvalue weighted by atomic mass is 10.1. The molecular formula is C18H26N2O6S. The van der Waals surface area contributed by atoms with Crippen LogP contribution in [0.5, 0.6) is 0 Å². The number of amides is 2. The number of hydrogen-bond acceptors (Lipinski definition) is 6. The van der Waals surface area contributed by atoms with Gasteiger partial charge in [-0.2, -0.15) is 0 Å². The number of hydrogen-bond donors (Lipinski definition) is 2. The molecule has 0 heterocycles. The Labute approximate surface area is 159 Å². The van der Waals surface area contributed by atoms with Gasteiger partial charge >= 0.3 is 5.97 Å². The highest BCUT2D eigenvalue weighted by Crippen LogP contribution is 2.07. The average Bonchev–Trinajstić information content (AvgIpc) is 2.57. The number of carbonyl (C=O) groups is 3. The highest BCUT2D eigenvalue weighted by Gasteiger charge is 2.27. The number of benzene rings is 1. The van der Waals surface area contributed by atoms with Gasteiger partial charge in [0.05, 0.1) is 5.75 Å². The minimum absolute atomic E-state index is 0.155. The number of sulfone groups is 1. The maximum atomic E-state index is 12.4. The summed E-state index contributed by atoms with van der Waals surface area (Å²) in [6, 6.07) is 5.56. The summed E-state index contributed by atoms with van der Waals surface area (Å²) in [5.74, 6) is -2.17. The molecule has 2 atom stereocenters. The Morgan fingerprint density at radius 1 is 1.22 bits per heavy atom. The average molecular weight is 398 g/mol. The Morgan fingerprint density at radius 2 is 1.89 bits per heavy atom. The topological polar surface area (TPSA) is 119 Å². The highest BCUT2D eigenvalue weighted by atomic mass is 32.2. The molecule has 0 fully saturated rings. The van der Waals surface area contributed by atoms with Crippen LogP contribution in [0.4, 0.5) is 0 Å². The first-order chi connectivity index (χ1) is 12.5. The highest BCUT2D eigenvalue weighted by molar-refractivity contribution is 7.90. The molecule has 0 aliphatic carbocycles. The van der Waals surface area contributed by atoms with E-state index in [9.17, 15) is 22.8 Å². The minimum atomic E-state index is -3.35. The zero-order chi connectivity index (χ0) is 20.6. The van der Waals surface area contributed by atoms with E-state index in [-0.39, 0.29) is 12.2 Å². The molecule has 0 aliphatic rings. The summed E-state index contributed by atoms with van der Waals surface area (Å²) >= 11 is 0. The Kier molecular flexibility index (Phi) is 8.42. The normalized spacial score (nSPS) is 13.3. The van der Waals surface area contributed by atoms with Gasteiger partial charge in [-0.05, 0) is 39.3 Å². The molecule has 0 bridgehead atoms.